The molecule has 0 aromatic rings. The molecule has 0 N–H and O–H groups in total. The summed E-state index contributed by atoms with van der Waals surface area (Å²) in [4.78, 5) is 0. The van der Waals surface area contributed by atoms with Crippen LogP contribution in [-0.2, 0) is 4.12 Å². The van der Waals surface area contributed by atoms with E-state index in [2.05, 4.69) is 71.9 Å². The van der Waals surface area contributed by atoms with Crippen molar-refractivity contribution in [3.05, 3.63) is 0 Å². The highest BCUT2D eigenvalue weighted by Gasteiger charge is 2.40. The molecule has 0 aromatic carbocycles. The summed E-state index contributed by atoms with van der Waals surface area (Å²) in [5.41, 5.74) is 0. The predicted octanol–water partition coefficient (Wildman–Crippen LogP) is 4.84. The van der Waals surface area contributed by atoms with Crippen molar-refractivity contribution in [1.82, 2.24) is 0 Å². The Hall–Kier alpha value is 1.35. The smallest absolute Gasteiger partial charge is 0.187 e. The molecule has 0 amide bonds. The normalized spacial score (nSPS) is 17.6. The van der Waals surface area contributed by atoms with Crippen LogP contribution in [-0.4, -0.2) is 25.5 Å². The molecule has 1 nitrogen and oxygen atoms in total. The maximum Gasteiger partial charge on any atom is 0.187 e. The zero-order valence-corrected chi connectivity index (χ0v) is 15.9. The molecule has 0 saturated carbocycles. The lowest BCUT2D eigenvalue weighted by molar-refractivity contribution is 0.529. The van der Waals surface area contributed by atoms with Crippen molar-refractivity contribution >= 4 is 48.5 Å². The van der Waals surface area contributed by atoms with Crippen molar-refractivity contribution in [1.29, 1.82) is 0 Å². The van der Waals surface area contributed by atoms with Crippen LogP contribution in [0.15, 0.2) is 0 Å². The summed E-state index contributed by atoms with van der Waals surface area (Å²) in [6, 6.07) is 0. The molecule has 0 spiro atoms. The molecule has 92 valence electrons. The minimum absolute atomic E-state index is 0.563. The fourth-order valence-electron chi connectivity index (χ4n) is 1.79. The van der Waals surface area contributed by atoms with Crippen molar-refractivity contribution in [2.24, 2.45) is 0 Å². The molecule has 0 bridgehead atoms. The number of hydrogen-bond donors (Lipinski definition) is 0. The Morgan fingerprint density at radius 3 is 1.33 bits per heavy atom. The molecule has 0 rings (SSSR count). The Morgan fingerprint density at radius 2 is 1.13 bits per heavy atom. The van der Waals surface area contributed by atoms with Gasteiger partial charge in [0.25, 0.3) is 0 Å². The highest BCUT2D eigenvalue weighted by Crippen LogP contribution is 2.29. The molecule has 0 fully saturated rings. The van der Waals surface area contributed by atoms with E-state index in [9.17, 15) is 0 Å². The molecule has 0 radical (unpaired) electrons. The van der Waals surface area contributed by atoms with E-state index in [1.54, 1.807) is 0 Å². The Morgan fingerprint density at radius 1 is 0.867 bits per heavy atom. The van der Waals surface area contributed by atoms with Gasteiger partial charge in [-0.3, -0.25) is 0 Å². The van der Waals surface area contributed by atoms with Gasteiger partial charge in [0.15, 0.2) is 16.6 Å². The molecule has 0 saturated heterocycles. The first-order chi connectivity index (χ1) is 6.67. The minimum Gasteiger partial charge on any atom is -0.454 e. The van der Waals surface area contributed by atoms with E-state index in [0.29, 0.717) is 8.90 Å². The van der Waals surface area contributed by atoms with E-state index in [4.69, 9.17) is 4.12 Å². The van der Waals surface area contributed by atoms with Crippen molar-refractivity contribution < 1.29 is 4.12 Å². The SMILES string of the molecule is CCC(Br)[Si](C)(C)O[Si](C)(C)C(Br)CC. The van der Waals surface area contributed by atoms with Crippen LogP contribution in [0.5, 0.6) is 0 Å². The third-order valence-corrected chi connectivity index (χ3v) is 18.7. The van der Waals surface area contributed by atoms with Crippen molar-refractivity contribution in [2.75, 3.05) is 0 Å². The van der Waals surface area contributed by atoms with Gasteiger partial charge >= 0.3 is 0 Å². The Labute approximate surface area is 114 Å². The average Bonchev–Trinajstić information content (AvgIpc) is 2.13. The topological polar surface area (TPSA) is 9.23 Å². The van der Waals surface area contributed by atoms with Gasteiger partial charge in [0.2, 0.25) is 0 Å². The van der Waals surface area contributed by atoms with Gasteiger partial charge in [0, 0.05) is 8.90 Å². The average molecular weight is 376 g/mol. The Kier molecular flexibility index (Phi) is 6.90. The molecule has 0 aliphatic heterocycles. The molecule has 5 heteroatoms. The zero-order valence-electron chi connectivity index (χ0n) is 10.7. The van der Waals surface area contributed by atoms with Crippen LogP contribution in [0.1, 0.15) is 26.7 Å². The van der Waals surface area contributed by atoms with Crippen molar-refractivity contribution in [3.63, 3.8) is 0 Å². The van der Waals surface area contributed by atoms with Crippen LogP contribution >= 0.6 is 31.9 Å². The van der Waals surface area contributed by atoms with Crippen LogP contribution in [0.2, 0.25) is 26.2 Å². The lowest BCUT2D eigenvalue weighted by Gasteiger charge is -2.39. The number of hydrogen-bond acceptors (Lipinski definition) is 1. The first kappa shape index (κ1) is 16.4. The van der Waals surface area contributed by atoms with Gasteiger partial charge in [0.1, 0.15) is 0 Å². The van der Waals surface area contributed by atoms with Gasteiger partial charge in [-0.05, 0) is 39.0 Å². The number of alkyl halides is 2. The van der Waals surface area contributed by atoms with Gasteiger partial charge in [0.05, 0.1) is 0 Å². The first-order valence-electron chi connectivity index (χ1n) is 5.65. The van der Waals surface area contributed by atoms with E-state index < -0.39 is 16.6 Å². The molecular weight excluding hydrogens is 352 g/mol. The highest BCUT2D eigenvalue weighted by molar-refractivity contribution is 9.10. The zero-order chi connectivity index (χ0) is 12.3. The fraction of sp³-hybridized carbons (Fsp3) is 1.00. The number of halogens is 2. The summed E-state index contributed by atoms with van der Waals surface area (Å²) in [5, 5.41) is 0. The molecule has 15 heavy (non-hydrogen) atoms. The van der Waals surface area contributed by atoms with Gasteiger partial charge < -0.3 is 4.12 Å². The predicted molar refractivity (Wildman–Crippen MR) is 82.1 cm³/mol. The minimum atomic E-state index is -1.57. The summed E-state index contributed by atoms with van der Waals surface area (Å²) in [6.45, 7) is 13.7. The molecule has 0 aliphatic rings. The molecule has 0 heterocycles. The second-order valence-electron chi connectivity index (χ2n) is 5.06. The van der Waals surface area contributed by atoms with E-state index in [-0.39, 0.29) is 0 Å². The molecule has 2 unspecified atom stereocenters. The Bertz CT molecular complexity index is 178. The molecule has 0 aromatic heterocycles. The van der Waals surface area contributed by atoms with E-state index in [0.717, 1.165) is 12.8 Å². The van der Waals surface area contributed by atoms with Crippen LogP contribution in [0.4, 0.5) is 0 Å². The summed E-state index contributed by atoms with van der Waals surface area (Å²) in [5.74, 6) is 0. The summed E-state index contributed by atoms with van der Waals surface area (Å²) in [6.07, 6.45) is 2.31. The van der Waals surface area contributed by atoms with Crippen molar-refractivity contribution in [2.45, 2.75) is 61.8 Å². The lowest BCUT2D eigenvalue weighted by atomic mass is 10.6. The highest BCUT2D eigenvalue weighted by atomic mass is 79.9. The molecular formula is C10H24Br2OSi2. The van der Waals surface area contributed by atoms with Crippen LogP contribution in [0, 0.1) is 0 Å². The first-order valence-corrected chi connectivity index (χ1v) is 13.5. The van der Waals surface area contributed by atoms with Gasteiger partial charge in [-0.25, -0.2) is 0 Å². The van der Waals surface area contributed by atoms with Crippen LogP contribution in [0.25, 0.3) is 0 Å². The second kappa shape index (κ2) is 6.33. The largest absolute Gasteiger partial charge is 0.454 e. The second-order valence-corrected chi connectivity index (χ2v) is 17.6. The summed E-state index contributed by atoms with van der Waals surface area (Å²) >= 11 is 7.53. The maximum absolute atomic E-state index is 6.51. The lowest BCUT2D eigenvalue weighted by Crippen LogP contribution is -2.54. The Balaban J connectivity index is 4.56. The third kappa shape index (κ3) is 5.02. The van der Waals surface area contributed by atoms with Gasteiger partial charge in [-0.1, -0.05) is 45.7 Å². The quantitative estimate of drug-likeness (QED) is 0.476. The summed E-state index contributed by atoms with van der Waals surface area (Å²) < 4.78 is 7.64. The number of rotatable bonds is 6. The van der Waals surface area contributed by atoms with E-state index >= 15 is 0 Å². The molecule has 2 atom stereocenters. The van der Waals surface area contributed by atoms with Crippen LogP contribution < -0.4 is 0 Å². The van der Waals surface area contributed by atoms with E-state index in [1.807, 2.05) is 0 Å². The standard InChI is InChI=1S/C10H24Br2OSi2/c1-7-9(11)14(3,4)13-15(5,6)10(12)8-2/h9-10H,7-8H2,1-6H3. The van der Waals surface area contributed by atoms with Gasteiger partial charge in [-0.15, -0.1) is 0 Å². The van der Waals surface area contributed by atoms with Gasteiger partial charge in [-0.2, -0.15) is 0 Å². The van der Waals surface area contributed by atoms with E-state index in [1.165, 1.54) is 0 Å². The third-order valence-electron chi connectivity index (χ3n) is 2.75. The fourth-order valence-corrected chi connectivity index (χ4v) is 11.9. The monoisotopic (exact) mass is 374 g/mol. The maximum atomic E-state index is 6.51. The molecule has 0 aliphatic carbocycles. The summed E-state index contributed by atoms with van der Waals surface area (Å²) in [7, 11) is -3.15. The van der Waals surface area contributed by atoms with Crippen LogP contribution in [0.3, 0.4) is 0 Å². The van der Waals surface area contributed by atoms with Crippen molar-refractivity contribution in [3.8, 4) is 0 Å².